The van der Waals surface area contributed by atoms with Crippen LogP contribution >= 0.6 is 0 Å². The first-order chi connectivity index (χ1) is 5.66. The van der Waals surface area contributed by atoms with Crippen LogP contribution in [0.2, 0.25) is 0 Å². The molecule has 0 saturated carbocycles. The topological polar surface area (TPSA) is 54.4 Å². The minimum absolute atomic E-state index is 0.154. The fourth-order valence-electron chi connectivity index (χ4n) is 1.16. The molecule has 1 heterocycles. The van der Waals surface area contributed by atoms with Crippen molar-refractivity contribution in [3.8, 4) is 0 Å². The lowest BCUT2D eigenvalue weighted by Crippen LogP contribution is -2.23. The number of rotatable bonds is 3. The van der Waals surface area contributed by atoms with Crippen LogP contribution in [0.5, 0.6) is 0 Å². The fourth-order valence-corrected chi connectivity index (χ4v) is 1.16. The summed E-state index contributed by atoms with van der Waals surface area (Å²) in [6.07, 6.45) is 0. The summed E-state index contributed by atoms with van der Waals surface area (Å²) in [7, 11) is 3.82. The molecule has 0 amide bonds. The summed E-state index contributed by atoms with van der Waals surface area (Å²) in [5.74, 6) is 1.75. The van der Waals surface area contributed by atoms with E-state index in [0.29, 0.717) is 6.54 Å². The van der Waals surface area contributed by atoms with Crippen molar-refractivity contribution in [3.63, 3.8) is 0 Å². The number of aliphatic hydroxyl groups is 1. The number of aliphatic hydroxyl groups excluding tert-OH is 1. The average molecular weight is 169 g/mol. The predicted molar refractivity (Wildman–Crippen MR) is 50.2 cm³/mol. The van der Waals surface area contributed by atoms with E-state index in [2.05, 4.69) is 0 Å². The summed E-state index contributed by atoms with van der Waals surface area (Å²) in [6, 6.07) is 3.79. The van der Waals surface area contributed by atoms with E-state index >= 15 is 0 Å². The van der Waals surface area contributed by atoms with Crippen LogP contribution in [0.1, 0.15) is 0 Å². The average Bonchev–Trinajstić information content (AvgIpc) is 2.34. The Morgan fingerprint density at radius 1 is 1.58 bits per heavy atom. The van der Waals surface area contributed by atoms with Crippen LogP contribution in [-0.4, -0.2) is 29.9 Å². The molecule has 0 atom stereocenters. The first kappa shape index (κ1) is 8.93. The quantitative estimate of drug-likeness (QED) is 0.671. The zero-order valence-electron chi connectivity index (χ0n) is 7.49. The van der Waals surface area contributed by atoms with E-state index in [0.717, 1.165) is 11.6 Å². The summed E-state index contributed by atoms with van der Waals surface area (Å²) in [4.78, 5) is 1.95. The summed E-state index contributed by atoms with van der Waals surface area (Å²) in [6.45, 7) is 0.777. The third-order valence-electron chi connectivity index (χ3n) is 1.96. The molecule has 0 unspecified atom stereocenters. The second kappa shape index (κ2) is 3.49. The van der Waals surface area contributed by atoms with Gasteiger partial charge in [0, 0.05) is 20.6 Å². The van der Waals surface area contributed by atoms with Gasteiger partial charge in [-0.05, 0) is 12.1 Å². The Morgan fingerprint density at radius 2 is 2.25 bits per heavy atom. The number of likely N-dealkylation sites (N-methyl/N-ethyl adjacent to an activating group) is 1. The first-order valence-corrected chi connectivity index (χ1v) is 3.90. The van der Waals surface area contributed by atoms with Crippen molar-refractivity contribution < 1.29 is 5.11 Å². The zero-order valence-corrected chi connectivity index (χ0v) is 7.49. The van der Waals surface area contributed by atoms with Gasteiger partial charge in [0.05, 0.1) is 6.61 Å². The minimum atomic E-state index is 0.154. The number of aromatic nitrogens is 1. The SMILES string of the molecule is CN(CCO)c1ccc(N)n1C. The smallest absolute Gasteiger partial charge is 0.109 e. The van der Waals surface area contributed by atoms with Crippen molar-refractivity contribution in [1.29, 1.82) is 0 Å². The van der Waals surface area contributed by atoms with Gasteiger partial charge in [-0.25, -0.2) is 0 Å². The molecular weight excluding hydrogens is 154 g/mol. The molecule has 0 radical (unpaired) electrons. The molecule has 4 heteroatoms. The molecule has 0 bridgehead atoms. The minimum Gasteiger partial charge on any atom is -0.395 e. The zero-order chi connectivity index (χ0) is 9.14. The Bertz CT molecular complexity index is 257. The van der Waals surface area contributed by atoms with Crippen LogP contribution in [-0.2, 0) is 7.05 Å². The van der Waals surface area contributed by atoms with E-state index in [4.69, 9.17) is 10.8 Å². The third kappa shape index (κ3) is 1.53. The fraction of sp³-hybridized carbons (Fsp3) is 0.500. The van der Waals surface area contributed by atoms with E-state index in [-0.39, 0.29) is 6.61 Å². The molecule has 68 valence electrons. The first-order valence-electron chi connectivity index (χ1n) is 3.90. The van der Waals surface area contributed by atoms with E-state index in [1.807, 2.05) is 35.7 Å². The normalized spacial score (nSPS) is 10.2. The maximum atomic E-state index is 8.71. The molecule has 1 aromatic heterocycles. The van der Waals surface area contributed by atoms with Crippen molar-refractivity contribution >= 4 is 11.6 Å². The predicted octanol–water partition coefficient (Wildman–Crippen LogP) is 0.0358. The summed E-state index contributed by atoms with van der Waals surface area (Å²) < 4.78 is 1.88. The summed E-state index contributed by atoms with van der Waals surface area (Å²) in [5, 5.41) is 8.71. The molecule has 4 nitrogen and oxygen atoms in total. The molecule has 0 aliphatic rings. The molecular formula is C8H15N3O. The number of hydrogen-bond donors (Lipinski definition) is 2. The number of nitrogen functional groups attached to an aromatic ring is 1. The summed E-state index contributed by atoms with van der Waals surface area (Å²) in [5.41, 5.74) is 5.65. The Morgan fingerprint density at radius 3 is 2.67 bits per heavy atom. The second-order valence-corrected chi connectivity index (χ2v) is 2.82. The van der Waals surface area contributed by atoms with E-state index in [1.54, 1.807) is 0 Å². The number of anilines is 2. The standard InChI is InChI=1S/C8H15N3O/c1-10(5-6-12)8-4-3-7(9)11(8)2/h3-4,12H,5-6,9H2,1-2H3. The highest BCUT2D eigenvalue weighted by Gasteiger charge is 2.05. The van der Waals surface area contributed by atoms with Gasteiger partial charge in [0.15, 0.2) is 0 Å². The van der Waals surface area contributed by atoms with Gasteiger partial charge in [-0.1, -0.05) is 0 Å². The maximum Gasteiger partial charge on any atom is 0.109 e. The molecule has 12 heavy (non-hydrogen) atoms. The maximum absolute atomic E-state index is 8.71. The van der Waals surface area contributed by atoms with Crippen molar-refractivity contribution in [1.82, 2.24) is 4.57 Å². The monoisotopic (exact) mass is 169 g/mol. The van der Waals surface area contributed by atoms with Gasteiger partial charge >= 0.3 is 0 Å². The highest BCUT2D eigenvalue weighted by Crippen LogP contribution is 2.16. The lowest BCUT2D eigenvalue weighted by molar-refractivity contribution is 0.303. The Kier molecular flexibility index (Phi) is 2.60. The van der Waals surface area contributed by atoms with Crippen molar-refractivity contribution in [2.75, 3.05) is 30.8 Å². The van der Waals surface area contributed by atoms with Crippen molar-refractivity contribution in [2.45, 2.75) is 0 Å². The van der Waals surface area contributed by atoms with Crippen LogP contribution in [0.25, 0.3) is 0 Å². The van der Waals surface area contributed by atoms with E-state index in [1.165, 1.54) is 0 Å². The highest BCUT2D eigenvalue weighted by atomic mass is 16.3. The van der Waals surface area contributed by atoms with Gasteiger partial charge < -0.3 is 20.3 Å². The molecule has 3 N–H and O–H groups in total. The highest BCUT2D eigenvalue weighted by molar-refractivity contribution is 5.49. The molecule has 0 spiro atoms. The van der Waals surface area contributed by atoms with Crippen LogP contribution in [0.3, 0.4) is 0 Å². The molecule has 0 aromatic carbocycles. The molecule has 0 aliphatic heterocycles. The Hall–Kier alpha value is -1.16. The van der Waals surface area contributed by atoms with Crippen LogP contribution in [0.4, 0.5) is 11.6 Å². The van der Waals surface area contributed by atoms with Gasteiger partial charge in [-0.3, -0.25) is 0 Å². The molecule has 0 saturated heterocycles. The summed E-state index contributed by atoms with van der Waals surface area (Å²) >= 11 is 0. The van der Waals surface area contributed by atoms with Gasteiger partial charge in [-0.2, -0.15) is 0 Å². The van der Waals surface area contributed by atoms with E-state index < -0.39 is 0 Å². The van der Waals surface area contributed by atoms with Gasteiger partial charge in [0.2, 0.25) is 0 Å². The van der Waals surface area contributed by atoms with Crippen molar-refractivity contribution in [2.24, 2.45) is 7.05 Å². The van der Waals surface area contributed by atoms with Crippen LogP contribution in [0.15, 0.2) is 12.1 Å². The second-order valence-electron chi connectivity index (χ2n) is 2.82. The molecule has 1 aromatic rings. The lowest BCUT2D eigenvalue weighted by Gasteiger charge is -2.18. The van der Waals surface area contributed by atoms with Gasteiger partial charge in [-0.15, -0.1) is 0 Å². The van der Waals surface area contributed by atoms with Gasteiger partial charge in [0.1, 0.15) is 11.6 Å². The number of nitrogens with zero attached hydrogens (tertiary/aromatic N) is 2. The van der Waals surface area contributed by atoms with Crippen molar-refractivity contribution in [3.05, 3.63) is 12.1 Å². The number of nitrogens with two attached hydrogens (primary N) is 1. The lowest BCUT2D eigenvalue weighted by atomic mass is 10.5. The Balaban J connectivity index is 2.80. The van der Waals surface area contributed by atoms with Gasteiger partial charge in [0.25, 0.3) is 0 Å². The van der Waals surface area contributed by atoms with Crippen LogP contribution < -0.4 is 10.6 Å². The number of hydrogen-bond acceptors (Lipinski definition) is 3. The molecule has 0 aliphatic carbocycles. The molecule has 0 fully saturated rings. The Labute approximate surface area is 72.2 Å². The molecule has 1 rings (SSSR count). The van der Waals surface area contributed by atoms with Crippen LogP contribution in [0, 0.1) is 0 Å². The third-order valence-corrected chi connectivity index (χ3v) is 1.96. The largest absolute Gasteiger partial charge is 0.395 e. The van der Waals surface area contributed by atoms with E-state index in [9.17, 15) is 0 Å².